The van der Waals surface area contributed by atoms with Gasteiger partial charge in [0, 0.05) is 41.7 Å². The van der Waals surface area contributed by atoms with Crippen molar-refractivity contribution in [2.45, 2.75) is 10.2 Å². The van der Waals surface area contributed by atoms with E-state index in [1.54, 1.807) is 36.5 Å². The van der Waals surface area contributed by atoms with Gasteiger partial charge in [-0.05, 0) is 30.3 Å². The molecule has 5 nitrogen and oxygen atoms in total. The predicted molar refractivity (Wildman–Crippen MR) is 92.8 cm³/mol. The molecule has 0 fully saturated rings. The summed E-state index contributed by atoms with van der Waals surface area (Å²) in [6.45, 7) is 0. The minimum atomic E-state index is -3.63. The van der Waals surface area contributed by atoms with Crippen molar-refractivity contribution in [2.75, 3.05) is 6.26 Å². The van der Waals surface area contributed by atoms with E-state index >= 15 is 0 Å². The van der Waals surface area contributed by atoms with Crippen molar-refractivity contribution >= 4 is 39.3 Å². The van der Waals surface area contributed by atoms with Crippen molar-refractivity contribution in [3.05, 3.63) is 54.0 Å². The van der Waals surface area contributed by atoms with Crippen LogP contribution in [0.3, 0.4) is 0 Å². The van der Waals surface area contributed by atoms with Crippen LogP contribution < -0.4 is 0 Å². The van der Waals surface area contributed by atoms with Crippen molar-refractivity contribution < 1.29 is 8.42 Å². The molecule has 1 aromatic heterocycles. The number of aliphatic imine (C=N–C) groups is 1. The van der Waals surface area contributed by atoms with Gasteiger partial charge in [-0.2, -0.15) is 0 Å². The molecule has 0 N–H and O–H groups in total. The van der Waals surface area contributed by atoms with Gasteiger partial charge in [-0.3, -0.25) is 4.99 Å². The van der Waals surface area contributed by atoms with Crippen LogP contribution in [-0.4, -0.2) is 35.8 Å². The molecule has 2 heterocycles. The molecule has 1 aliphatic heterocycles. The number of alkyl halides is 1. The zero-order chi connectivity index (χ0) is 16.7. The number of hydrogen-bond acceptors (Lipinski definition) is 4. The minimum Gasteiger partial charge on any atom is -0.305 e. The SMILES string of the molecule is CS(=O)(=O)C1(n2ccnc2-c2ccc(Cl)cc2)C=NC=CC1Cl. The summed E-state index contributed by atoms with van der Waals surface area (Å²) in [6.07, 6.45) is 8.65. The highest BCUT2D eigenvalue weighted by atomic mass is 35.5. The summed E-state index contributed by atoms with van der Waals surface area (Å²) in [7, 11) is -3.63. The van der Waals surface area contributed by atoms with Gasteiger partial charge in [0.1, 0.15) is 5.82 Å². The maximum Gasteiger partial charge on any atom is 0.203 e. The first kappa shape index (κ1) is 16.2. The second-order valence-corrected chi connectivity index (χ2v) is 8.28. The molecule has 3 rings (SSSR count). The number of halogens is 2. The average molecular weight is 370 g/mol. The predicted octanol–water partition coefficient (Wildman–Crippen LogP) is 3.11. The molecule has 120 valence electrons. The van der Waals surface area contributed by atoms with Crippen molar-refractivity contribution in [2.24, 2.45) is 4.99 Å². The lowest BCUT2D eigenvalue weighted by molar-refractivity contribution is 0.514. The molecule has 8 heteroatoms. The minimum absolute atomic E-state index is 0.472. The summed E-state index contributed by atoms with van der Waals surface area (Å²) in [5, 5.41) is -0.225. The lowest BCUT2D eigenvalue weighted by Crippen LogP contribution is -2.50. The summed E-state index contributed by atoms with van der Waals surface area (Å²) < 4.78 is 26.7. The van der Waals surface area contributed by atoms with E-state index in [4.69, 9.17) is 23.2 Å². The molecule has 0 spiro atoms. The van der Waals surface area contributed by atoms with Crippen LogP contribution in [0.4, 0.5) is 0 Å². The lowest BCUT2D eigenvalue weighted by Gasteiger charge is -2.35. The summed E-state index contributed by atoms with van der Waals surface area (Å²) in [5.74, 6) is 0.472. The van der Waals surface area contributed by atoms with Gasteiger partial charge in [-0.1, -0.05) is 11.6 Å². The molecule has 0 saturated carbocycles. The highest BCUT2D eigenvalue weighted by Crippen LogP contribution is 2.36. The fraction of sp³-hybridized carbons (Fsp3) is 0.200. The Morgan fingerprint density at radius 2 is 1.96 bits per heavy atom. The van der Waals surface area contributed by atoms with Crippen LogP contribution in [0.5, 0.6) is 0 Å². The Bertz CT molecular complexity index is 888. The molecule has 2 atom stereocenters. The maximum absolute atomic E-state index is 12.6. The number of imidazole rings is 1. The van der Waals surface area contributed by atoms with Crippen molar-refractivity contribution in [3.8, 4) is 11.4 Å². The fourth-order valence-corrected chi connectivity index (χ4v) is 4.64. The highest BCUT2D eigenvalue weighted by molar-refractivity contribution is 7.92. The zero-order valence-electron chi connectivity index (χ0n) is 12.1. The third-order valence-corrected chi connectivity index (χ3v) is 6.31. The van der Waals surface area contributed by atoms with Gasteiger partial charge < -0.3 is 4.57 Å². The van der Waals surface area contributed by atoms with Crippen molar-refractivity contribution in [3.63, 3.8) is 0 Å². The second kappa shape index (κ2) is 5.78. The molecule has 1 aromatic carbocycles. The lowest BCUT2D eigenvalue weighted by atomic mass is 10.1. The van der Waals surface area contributed by atoms with Crippen molar-refractivity contribution in [1.82, 2.24) is 9.55 Å². The first-order valence-corrected chi connectivity index (χ1v) is 9.41. The number of rotatable bonds is 3. The Kier molecular flexibility index (Phi) is 4.08. The van der Waals surface area contributed by atoms with Crippen LogP contribution in [-0.2, 0) is 14.7 Å². The van der Waals surface area contributed by atoms with Crippen LogP contribution in [0.2, 0.25) is 5.02 Å². The molecular formula is C15H13Cl2N3O2S. The van der Waals surface area contributed by atoms with Crippen LogP contribution in [0.1, 0.15) is 0 Å². The van der Waals surface area contributed by atoms with Gasteiger partial charge in [0.2, 0.25) is 4.87 Å². The third kappa shape index (κ3) is 2.60. The molecule has 2 aromatic rings. The number of nitrogens with zero attached hydrogens (tertiary/aromatic N) is 3. The van der Waals surface area contributed by atoms with Gasteiger partial charge in [-0.25, -0.2) is 13.4 Å². The monoisotopic (exact) mass is 369 g/mol. The molecular weight excluding hydrogens is 357 g/mol. The molecule has 0 amide bonds. The molecule has 1 aliphatic rings. The van der Waals surface area contributed by atoms with E-state index in [0.717, 1.165) is 11.8 Å². The fourth-order valence-electron chi connectivity index (χ4n) is 2.56. The Morgan fingerprint density at radius 3 is 2.57 bits per heavy atom. The number of sulfone groups is 1. The maximum atomic E-state index is 12.6. The second-order valence-electron chi connectivity index (χ2n) is 5.17. The van der Waals surface area contributed by atoms with E-state index in [1.165, 1.54) is 23.2 Å². The van der Waals surface area contributed by atoms with E-state index < -0.39 is 20.1 Å². The Hall–Kier alpha value is -1.63. The topological polar surface area (TPSA) is 64.3 Å². The molecule has 2 unspecified atom stereocenters. The average Bonchev–Trinajstić information content (AvgIpc) is 2.97. The largest absolute Gasteiger partial charge is 0.305 e. The summed E-state index contributed by atoms with van der Waals surface area (Å²) in [6, 6.07) is 6.98. The quantitative estimate of drug-likeness (QED) is 0.780. The number of benzene rings is 1. The number of hydrogen-bond donors (Lipinski definition) is 0. The van der Waals surface area contributed by atoms with Gasteiger partial charge in [0.05, 0.1) is 5.38 Å². The molecule has 0 aliphatic carbocycles. The first-order valence-electron chi connectivity index (χ1n) is 6.71. The van der Waals surface area contributed by atoms with Crippen LogP contribution in [0.25, 0.3) is 11.4 Å². The van der Waals surface area contributed by atoms with Crippen LogP contribution in [0.15, 0.2) is 53.9 Å². The normalized spacial score (nSPS) is 24.0. The third-order valence-electron chi connectivity index (χ3n) is 3.71. The smallest absolute Gasteiger partial charge is 0.203 e. The van der Waals surface area contributed by atoms with E-state index in [1.807, 2.05) is 0 Å². The first-order chi connectivity index (χ1) is 10.9. The van der Waals surface area contributed by atoms with E-state index in [0.29, 0.717) is 10.8 Å². The van der Waals surface area contributed by atoms with Gasteiger partial charge in [0.25, 0.3) is 0 Å². The Morgan fingerprint density at radius 1 is 1.26 bits per heavy atom. The number of allylic oxidation sites excluding steroid dienone is 1. The summed E-state index contributed by atoms with van der Waals surface area (Å²) in [5.41, 5.74) is 0.731. The highest BCUT2D eigenvalue weighted by Gasteiger charge is 2.49. The van der Waals surface area contributed by atoms with E-state index in [2.05, 4.69) is 9.98 Å². The van der Waals surface area contributed by atoms with Crippen molar-refractivity contribution in [1.29, 1.82) is 0 Å². The number of aromatic nitrogens is 2. The standard InChI is InChI=1S/C15H13Cl2N3O2S/c1-23(21,22)15(10-18-7-6-13(15)17)20-9-8-19-14(20)11-2-4-12(16)5-3-11/h2-10,13H,1H3. The Balaban J connectivity index is 2.25. The van der Waals surface area contributed by atoms with Gasteiger partial charge in [-0.15, -0.1) is 11.6 Å². The Labute approximate surface area is 144 Å². The molecule has 0 saturated heterocycles. The molecule has 0 radical (unpaired) electrons. The van der Waals surface area contributed by atoms with Crippen LogP contribution in [0, 0.1) is 0 Å². The zero-order valence-corrected chi connectivity index (χ0v) is 14.4. The summed E-state index contributed by atoms with van der Waals surface area (Å²) >= 11 is 12.3. The molecule has 23 heavy (non-hydrogen) atoms. The van der Waals surface area contributed by atoms with E-state index in [-0.39, 0.29) is 0 Å². The molecule has 0 bridgehead atoms. The van der Waals surface area contributed by atoms with Crippen LogP contribution >= 0.6 is 23.2 Å². The van der Waals surface area contributed by atoms with Gasteiger partial charge >= 0.3 is 0 Å². The van der Waals surface area contributed by atoms with E-state index in [9.17, 15) is 8.42 Å². The summed E-state index contributed by atoms with van der Waals surface area (Å²) in [4.78, 5) is 6.78. The van der Waals surface area contributed by atoms with Gasteiger partial charge in [0.15, 0.2) is 9.84 Å².